The third-order valence-electron chi connectivity index (χ3n) is 3.13. The number of ether oxygens (including phenoxy) is 2. The van der Waals surface area contributed by atoms with Crippen molar-refractivity contribution in [3.63, 3.8) is 0 Å². The number of carbonyl (C=O) groups excluding carboxylic acids is 1. The van der Waals surface area contributed by atoms with E-state index in [0.29, 0.717) is 5.56 Å². The quantitative estimate of drug-likeness (QED) is 0.453. The van der Waals surface area contributed by atoms with Gasteiger partial charge in [-0.1, -0.05) is 0 Å². The van der Waals surface area contributed by atoms with Crippen molar-refractivity contribution >= 4 is 17.3 Å². The number of rotatable bonds is 6. The van der Waals surface area contributed by atoms with Crippen molar-refractivity contribution < 1.29 is 24.1 Å². The number of esters is 1. The highest BCUT2D eigenvalue weighted by molar-refractivity contribution is 5.93. The second-order valence-electron chi connectivity index (χ2n) is 4.64. The molecule has 0 spiro atoms. The molecular formula is C15H12N2O7. The summed E-state index contributed by atoms with van der Waals surface area (Å²) >= 11 is 0. The number of nitro benzene ring substituents is 2. The topological polar surface area (TPSA) is 122 Å². The molecule has 0 amide bonds. The first-order valence-corrected chi connectivity index (χ1v) is 6.65. The minimum Gasteiger partial charge on any atom is -0.496 e. The van der Waals surface area contributed by atoms with Crippen molar-refractivity contribution in [1.82, 2.24) is 0 Å². The lowest BCUT2D eigenvalue weighted by molar-refractivity contribution is -0.385. The number of carbonyl (C=O) groups is 1. The third-order valence-corrected chi connectivity index (χ3v) is 3.13. The van der Waals surface area contributed by atoms with Gasteiger partial charge in [-0.05, 0) is 23.8 Å². The van der Waals surface area contributed by atoms with E-state index in [-0.39, 0.29) is 29.3 Å². The molecular weight excluding hydrogens is 320 g/mol. The molecule has 24 heavy (non-hydrogen) atoms. The van der Waals surface area contributed by atoms with Gasteiger partial charge in [0, 0.05) is 24.3 Å². The summed E-state index contributed by atoms with van der Waals surface area (Å²) < 4.78 is 10.1. The number of nitrogens with zero attached hydrogens (tertiary/aromatic N) is 2. The van der Waals surface area contributed by atoms with E-state index in [2.05, 4.69) is 0 Å². The summed E-state index contributed by atoms with van der Waals surface area (Å²) in [5.74, 6) is -0.650. The molecule has 0 aliphatic carbocycles. The second kappa shape index (κ2) is 7.18. The van der Waals surface area contributed by atoms with Gasteiger partial charge >= 0.3 is 5.97 Å². The van der Waals surface area contributed by atoms with Crippen LogP contribution in [-0.4, -0.2) is 22.9 Å². The lowest BCUT2D eigenvalue weighted by atomic mass is 10.1. The third kappa shape index (κ3) is 3.83. The van der Waals surface area contributed by atoms with Gasteiger partial charge in [-0.25, -0.2) is 4.79 Å². The van der Waals surface area contributed by atoms with Crippen LogP contribution in [-0.2, 0) is 11.3 Å². The average molecular weight is 332 g/mol. The first kappa shape index (κ1) is 16.9. The number of hydrogen-bond acceptors (Lipinski definition) is 7. The van der Waals surface area contributed by atoms with Crippen LogP contribution >= 0.6 is 0 Å². The van der Waals surface area contributed by atoms with E-state index in [9.17, 15) is 25.0 Å². The zero-order valence-electron chi connectivity index (χ0n) is 12.5. The number of methoxy groups -OCH3 is 1. The predicted molar refractivity (Wildman–Crippen MR) is 81.9 cm³/mol. The molecule has 0 radical (unpaired) electrons. The van der Waals surface area contributed by atoms with Crippen molar-refractivity contribution in [3.8, 4) is 5.75 Å². The second-order valence-corrected chi connectivity index (χ2v) is 4.64. The van der Waals surface area contributed by atoms with Crippen LogP contribution in [0.5, 0.6) is 5.75 Å². The van der Waals surface area contributed by atoms with Crippen LogP contribution in [0.1, 0.15) is 15.9 Å². The fourth-order valence-electron chi connectivity index (χ4n) is 1.91. The van der Waals surface area contributed by atoms with Gasteiger partial charge in [0.25, 0.3) is 11.4 Å². The van der Waals surface area contributed by atoms with Crippen LogP contribution in [0.4, 0.5) is 11.4 Å². The zero-order chi connectivity index (χ0) is 17.7. The molecule has 2 aromatic rings. The molecule has 9 nitrogen and oxygen atoms in total. The minimum absolute atomic E-state index is 0.0754. The Morgan fingerprint density at radius 2 is 1.58 bits per heavy atom. The van der Waals surface area contributed by atoms with Gasteiger partial charge in [0.15, 0.2) is 0 Å². The van der Waals surface area contributed by atoms with Crippen LogP contribution in [0.3, 0.4) is 0 Å². The monoisotopic (exact) mass is 332 g/mol. The van der Waals surface area contributed by atoms with Gasteiger partial charge in [0.05, 0.1) is 17.0 Å². The minimum atomic E-state index is -0.797. The van der Waals surface area contributed by atoms with Crippen LogP contribution < -0.4 is 4.74 Å². The fraction of sp³-hybridized carbons (Fsp3) is 0.133. The molecule has 0 N–H and O–H groups in total. The Balaban J connectivity index is 2.13. The van der Waals surface area contributed by atoms with E-state index in [1.165, 1.54) is 43.5 Å². The molecule has 0 heterocycles. The zero-order valence-corrected chi connectivity index (χ0v) is 12.5. The Labute approximate surface area is 135 Å². The number of non-ortho nitro benzene ring substituents is 2. The lowest BCUT2D eigenvalue weighted by Gasteiger charge is -2.08. The highest BCUT2D eigenvalue weighted by atomic mass is 16.6. The van der Waals surface area contributed by atoms with Gasteiger partial charge in [0.1, 0.15) is 17.9 Å². The summed E-state index contributed by atoms with van der Waals surface area (Å²) in [6.07, 6.45) is 0. The molecule has 9 heteroatoms. The Hall–Kier alpha value is -3.49. The van der Waals surface area contributed by atoms with E-state index in [4.69, 9.17) is 9.47 Å². The Morgan fingerprint density at radius 3 is 2.12 bits per heavy atom. The summed E-state index contributed by atoms with van der Waals surface area (Å²) in [6, 6.07) is 9.07. The molecule has 0 saturated carbocycles. The molecule has 0 aliphatic heterocycles. The maximum atomic E-state index is 12.1. The molecule has 0 unspecified atom stereocenters. The van der Waals surface area contributed by atoms with Crippen molar-refractivity contribution in [2.75, 3.05) is 7.11 Å². The Bertz CT molecular complexity index is 787. The van der Waals surface area contributed by atoms with E-state index in [0.717, 1.165) is 6.07 Å². The molecule has 0 aliphatic rings. The summed E-state index contributed by atoms with van der Waals surface area (Å²) in [5, 5.41) is 21.4. The van der Waals surface area contributed by atoms with Crippen LogP contribution in [0, 0.1) is 20.2 Å². The first-order valence-electron chi connectivity index (χ1n) is 6.65. The summed E-state index contributed by atoms with van der Waals surface area (Å²) in [7, 11) is 1.33. The number of hydrogen-bond donors (Lipinski definition) is 0. The Kier molecular flexibility index (Phi) is 5.05. The van der Waals surface area contributed by atoms with Gasteiger partial charge in [-0.3, -0.25) is 20.2 Å². The van der Waals surface area contributed by atoms with E-state index in [1.54, 1.807) is 0 Å². The van der Waals surface area contributed by atoms with Gasteiger partial charge in [-0.2, -0.15) is 0 Å². The van der Waals surface area contributed by atoms with E-state index >= 15 is 0 Å². The smallest absolute Gasteiger partial charge is 0.342 e. The maximum absolute atomic E-state index is 12.1. The normalized spacial score (nSPS) is 10.0. The summed E-state index contributed by atoms with van der Waals surface area (Å²) in [4.78, 5) is 32.3. The lowest BCUT2D eigenvalue weighted by Crippen LogP contribution is -2.08. The molecule has 124 valence electrons. The van der Waals surface area contributed by atoms with E-state index in [1.807, 2.05) is 0 Å². The molecule has 0 atom stereocenters. The summed E-state index contributed by atoms with van der Waals surface area (Å²) in [6.45, 7) is -0.136. The number of benzene rings is 2. The number of nitro groups is 2. The van der Waals surface area contributed by atoms with Crippen molar-refractivity contribution in [2.45, 2.75) is 6.61 Å². The molecule has 0 saturated heterocycles. The van der Waals surface area contributed by atoms with Crippen LogP contribution in [0.25, 0.3) is 0 Å². The largest absolute Gasteiger partial charge is 0.496 e. The summed E-state index contributed by atoms with van der Waals surface area (Å²) in [5.41, 5.74) is 0.121. The van der Waals surface area contributed by atoms with Crippen molar-refractivity contribution in [1.29, 1.82) is 0 Å². The first-order chi connectivity index (χ1) is 11.4. The standard InChI is InChI=1S/C15H12N2O7/c1-23-14-7-6-12(17(21)22)8-13(14)15(18)24-9-10-2-4-11(5-3-10)16(19)20/h2-8H,9H2,1H3. The molecule has 2 rings (SSSR count). The molecule has 2 aromatic carbocycles. The van der Waals surface area contributed by atoms with Gasteiger partial charge in [0.2, 0.25) is 0 Å². The fourth-order valence-corrected chi connectivity index (χ4v) is 1.91. The molecule has 0 aromatic heterocycles. The Morgan fingerprint density at radius 1 is 1.00 bits per heavy atom. The highest BCUT2D eigenvalue weighted by Crippen LogP contribution is 2.25. The van der Waals surface area contributed by atoms with E-state index < -0.39 is 15.8 Å². The maximum Gasteiger partial charge on any atom is 0.342 e. The highest BCUT2D eigenvalue weighted by Gasteiger charge is 2.19. The van der Waals surface area contributed by atoms with Crippen molar-refractivity contribution in [3.05, 3.63) is 73.8 Å². The SMILES string of the molecule is COc1ccc([N+](=O)[O-])cc1C(=O)OCc1ccc([N+](=O)[O-])cc1. The van der Waals surface area contributed by atoms with Crippen molar-refractivity contribution in [2.24, 2.45) is 0 Å². The molecule has 0 bridgehead atoms. The van der Waals surface area contributed by atoms with Gasteiger partial charge in [-0.15, -0.1) is 0 Å². The predicted octanol–water partition coefficient (Wildman–Crippen LogP) is 2.87. The van der Waals surface area contributed by atoms with Crippen LogP contribution in [0.15, 0.2) is 42.5 Å². The van der Waals surface area contributed by atoms with Gasteiger partial charge < -0.3 is 9.47 Å². The average Bonchev–Trinajstić information content (AvgIpc) is 2.59. The van der Waals surface area contributed by atoms with Crippen LogP contribution in [0.2, 0.25) is 0 Å². The molecule has 0 fully saturated rings.